The van der Waals surface area contributed by atoms with Crippen molar-refractivity contribution in [1.82, 2.24) is 9.78 Å². The number of hydrogen-bond donors (Lipinski definition) is 0. The lowest BCUT2D eigenvalue weighted by Gasteiger charge is -2.12. The molecule has 0 aliphatic heterocycles. The Kier molecular flexibility index (Phi) is 4.54. The fourth-order valence-corrected chi connectivity index (χ4v) is 2.41. The van der Waals surface area contributed by atoms with Gasteiger partial charge < -0.3 is 0 Å². The van der Waals surface area contributed by atoms with Gasteiger partial charge in [0.15, 0.2) is 0 Å². The van der Waals surface area contributed by atoms with Crippen LogP contribution < -0.4 is 5.56 Å². The first-order valence-electron chi connectivity index (χ1n) is 7.19. The summed E-state index contributed by atoms with van der Waals surface area (Å²) in [6, 6.07) is 10.0. The quantitative estimate of drug-likeness (QED) is 0.865. The molecule has 0 aliphatic carbocycles. The average Bonchev–Trinajstić information content (AvgIpc) is 2.50. The van der Waals surface area contributed by atoms with Crippen LogP contribution in [0.2, 0.25) is 0 Å². The number of aryl methyl sites for hydroxylation is 2. The summed E-state index contributed by atoms with van der Waals surface area (Å²) in [5.41, 5.74) is 3.73. The van der Waals surface area contributed by atoms with Gasteiger partial charge in [-0.15, -0.1) is 0 Å². The first kappa shape index (κ1) is 15.0. The molecule has 1 aromatic heterocycles. The highest BCUT2D eigenvalue weighted by Gasteiger charge is 2.15. The Morgan fingerprint density at radius 1 is 1.19 bits per heavy atom. The molecule has 0 aliphatic rings. The van der Waals surface area contributed by atoms with Gasteiger partial charge in [-0.1, -0.05) is 43.7 Å². The van der Waals surface area contributed by atoms with Gasteiger partial charge in [-0.25, -0.2) is 4.68 Å². The third-order valence-electron chi connectivity index (χ3n) is 3.59. The first-order valence-corrected chi connectivity index (χ1v) is 7.19. The Morgan fingerprint density at radius 2 is 1.86 bits per heavy atom. The van der Waals surface area contributed by atoms with Gasteiger partial charge in [-0.2, -0.15) is 10.4 Å². The molecule has 1 aromatic carbocycles. The van der Waals surface area contributed by atoms with Crippen molar-refractivity contribution in [3.63, 3.8) is 0 Å². The molecule has 0 spiro atoms. The van der Waals surface area contributed by atoms with Crippen molar-refractivity contribution in [3.05, 3.63) is 62.6 Å². The zero-order chi connectivity index (χ0) is 15.4. The molecular weight excluding hydrogens is 262 g/mol. The van der Waals surface area contributed by atoms with E-state index in [9.17, 15) is 10.1 Å². The highest BCUT2D eigenvalue weighted by molar-refractivity contribution is 5.38. The van der Waals surface area contributed by atoms with Gasteiger partial charge in [-0.3, -0.25) is 4.79 Å². The van der Waals surface area contributed by atoms with Crippen LogP contribution in [0.15, 0.2) is 29.1 Å². The molecule has 0 bridgehead atoms. The maximum Gasteiger partial charge on any atom is 0.285 e. The fraction of sp³-hybridized carbons (Fsp3) is 0.353. The molecule has 0 amide bonds. The summed E-state index contributed by atoms with van der Waals surface area (Å²) in [4.78, 5) is 12.4. The third-order valence-corrected chi connectivity index (χ3v) is 3.59. The average molecular weight is 281 g/mol. The van der Waals surface area contributed by atoms with E-state index in [1.165, 1.54) is 10.2 Å². The SMILES string of the molecule is CCc1nn(Cc2ccc(C)cc2)c(=O)c(C#N)c1CC. The highest BCUT2D eigenvalue weighted by atomic mass is 16.1. The number of benzene rings is 1. The maximum absolute atomic E-state index is 12.4. The molecule has 0 unspecified atom stereocenters. The Morgan fingerprint density at radius 3 is 2.38 bits per heavy atom. The third kappa shape index (κ3) is 3.03. The molecule has 0 N–H and O–H groups in total. The summed E-state index contributed by atoms with van der Waals surface area (Å²) in [5.74, 6) is 0. The summed E-state index contributed by atoms with van der Waals surface area (Å²) in [6.45, 7) is 6.35. The minimum atomic E-state index is -0.299. The summed E-state index contributed by atoms with van der Waals surface area (Å²) in [6.07, 6.45) is 1.37. The minimum Gasteiger partial charge on any atom is -0.266 e. The number of nitrogens with zero attached hydrogens (tertiary/aromatic N) is 3. The smallest absolute Gasteiger partial charge is 0.266 e. The largest absolute Gasteiger partial charge is 0.285 e. The minimum absolute atomic E-state index is 0.233. The van der Waals surface area contributed by atoms with Gasteiger partial charge in [-0.05, 0) is 30.9 Å². The Labute approximate surface area is 124 Å². The van der Waals surface area contributed by atoms with E-state index in [2.05, 4.69) is 11.2 Å². The summed E-state index contributed by atoms with van der Waals surface area (Å²) >= 11 is 0. The van der Waals surface area contributed by atoms with Crippen molar-refractivity contribution in [2.45, 2.75) is 40.2 Å². The van der Waals surface area contributed by atoms with Crippen LogP contribution in [0.3, 0.4) is 0 Å². The second-order valence-corrected chi connectivity index (χ2v) is 5.07. The van der Waals surface area contributed by atoms with E-state index in [-0.39, 0.29) is 11.1 Å². The van der Waals surface area contributed by atoms with Crippen LogP contribution in [0.1, 0.15) is 41.8 Å². The maximum atomic E-state index is 12.4. The lowest BCUT2D eigenvalue weighted by molar-refractivity contribution is 0.612. The predicted octanol–water partition coefficient (Wildman–Crippen LogP) is 2.60. The van der Waals surface area contributed by atoms with Crippen LogP contribution >= 0.6 is 0 Å². The molecule has 0 saturated carbocycles. The fourth-order valence-electron chi connectivity index (χ4n) is 2.41. The van der Waals surface area contributed by atoms with Crippen molar-refractivity contribution >= 4 is 0 Å². The second kappa shape index (κ2) is 6.36. The van der Waals surface area contributed by atoms with Gasteiger partial charge >= 0.3 is 0 Å². The second-order valence-electron chi connectivity index (χ2n) is 5.07. The Hall–Kier alpha value is -2.41. The molecule has 0 fully saturated rings. The molecular formula is C17H19N3O. The van der Waals surface area contributed by atoms with Crippen molar-refractivity contribution in [2.24, 2.45) is 0 Å². The van der Waals surface area contributed by atoms with E-state index in [1.807, 2.05) is 45.0 Å². The zero-order valence-corrected chi connectivity index (χ0v) is 12.7. The van der Waals surface area contributed by atoms with Gasteiger partial charge in [0.05, 0.1) is 12.2 Å². The zero-order valence-electron chi connectivity index (χ0n) is 12.7. The van der Waals surface area contributed by atoms with Crippen molar-refractivity contribution in [2.75, 3.05) is 0 Å². The van der Waals surface area contributed by atoms with Crippen LogP contribution in [-0.4, -0.2) is 9.78 Å². The lowest BCUT2D eigenvalue weighted by Crippen LogP contribution is -2.29. The van der Waals surface area contributed by atoms with Crippen molar-refractivity contribution in [3.8, 4) is 6.07 Å². The van der Waals surface area contributed by atoms with Gasteiger partial charge in [0.1, 0.15) is 11.6 Å². The molecule has 4 nitrogen and oxygen atoms in total. The summed E-state index contributed by atoms with van der Waals surface area (Å²) < 4.78 is 1.40. The van der Waals surface area contributed by atoms with E-state index in [4.69, 9.17) is 0 Å². The summed E-state index contributed by atoms with van der Waals surface area (Å²) in [7, 11) is 0. The van der Waals surface area contributed by atoms with Crippen LogP contribution in [-0.2, 0) is 19.4 Å². The number of aromatic nitrogens is 2. The molecule has 4 heteroatoms. The van der Waals surface area contributed by atoms with E-state index in [0.717, 1.165) is 16.8 Å². The van der Waals surface area contributed by atoms with Gasteiger partial charge in [0.25, 0.3) is 5.56 Å². The Bertz CT molecular complexity index is 736. The van der Waals surface area contributed by atoms with E-state index >= 15 is 0 Å². The lowest BCUT2D eigenvalue weighted by atomic mass is 10.0. The first-order chi connectivity index (χ1) is 10.1. The van der Waals surface area contributed by atoms with E-state index in [1.54, 1.807) is 0 Å². The molecule has 0 atom stereocenters. The molecule has 21 heavy (non-hydrogen) atoms. The van der Waals surface area contributed by atoms with Crippen molar-refractivity contribution in [1.29, 1.82) is 5.26 Å². The topological polar surface area (TPSA) is 58.7 Å². The highest BCUT2D eigenvalue weighted by Crippen LogP contribution is 2.11. The van der Waals surface area contributed by atoms with Gasteiger partial charge in [0, 0.05) is 0 Å². The van der Waals surface area contributed by atoms with E-state index in [0.29, 0.717) is 19.4 Å². The monoisotopic (exact) mass is 281 g/mol. The number of rotatable bonds is 4. The molecule has 108 valence electrons. The number of hydrogen-bond acceptors (Lipinski definition) is 3. The van der Waals surface area contributed by atoms with Crippen LogP contribution in [0.4, 0.5) is 0 Å². The van der Waals surface area contributed by atoms with E-state index < -0.39 is 0 Å². The molecule has 1 heterocycles. The molecule has 2 rings (SSSR count). The molecule has 0 radical (unpaired) electrons. The Balaban J connectivity index is 2.52. The predicted molar refractivity (Wildman–Crippen MR) is 82.2 cm³/mol. The van der Waals surface area contributed by atoms with Gasteiger partial charge in [0.2, 0.25) is 0 Å². The standard InChI is InChI=1S/C17H19N3O/c1-4-14-15(10-18)17(21)20(19-16(14)5-2)11-13-8-6-12(3)7-9-13/h6-9H,4-5,11H2,1-3H3. The van der Waals surface area contributed by atoms with Crippen LogP contribution in [0, 0.1) is 18.3 Å². The van der Waals surface area contributed by atoms with Crippen molar-refractivity contribution < 1.29 is 0 Å². The normalized spacial score (nSPS) is 10.4. The van der Waals surface area contributed by atoms with Crippen LogP contribution in [0.5, 0.6) is 0 Å². The molecule has 2 aromatic rings. The molecule has 0 saturated heterocycles. The van der Waals surface area contributed by atoms with Crippen LogP contribution in [0.25, 0.3) is 0 Å². The summed E-state index contributed by atoms with van der Waals surface area (Å²) in [5, 5.41) is 13.7. The number of nitriles is 1.